The highest BCUT2D eigenvalue weighted by atomic mass is 32.2. The molecule has 0 bridgehead atoms. The number of fused-ring (bicyclic) bond motifs is 1. The first kappa shape index (κ1) is 17.3. The quantitative estimate of drug-likeness (QED) is 0.782. The average Bonchev–Trinajstić information content (AvgIpc) is 2.82. The van der Waals surface area contributed by atoms with Crippen LogP contribution < -0.4 is 10.5 Å². The summed E-state index contributed by atoms with van der Waals surface area (Å²) in [5.41, 5.74) is 5.30. The van der Waals surface area contributed by atoms with Crippen molar-refractivity contribution < 1.29 is 13.2 Å². The van der Waals surface area contributed by atoms with Crippen molar-refractivity contribution in [2.45, 2.75) is 45.3 Å². The van der Waals surface area contributed by atoms with Gasteiger partial charge in [-0.15, -0.1) is 5.10 Å². The smallest absolute Gasteiger partial charge is 0.284 e. The van der Waals surface area contributed by atoms with Gasteiger partial charge in [-0.05, 0) is 32.8 Å². The zero-order chi connectivity index (χ0) is 17.6. The van der Waals surface area contributed by atoms with Gasteiger partial charge < -0.3 is 5.73 Å². The van der Waals surface area contributed by atoms with Gasteiger partial charge in [-0.1, -0.05) is 13.8 Å². The summed E-state index contributed by atoms with van der Waals surface area (Å²) in [5, 5.41) is 3.52. The molecule has 1 amide bonds. The third-order valence-electron chi connectivity index (χ3n) is 3.85. The number of nitrogens with one attached hydrogen (secondary N) is 1. The molecule has 126 valence electrons. The number of aryl methyl sites for hydroxylation is 2. The fourth-order valence-electron chi connectivity index (χ4n) is 2.04. The van der Waals surface area contributed by atoms with Crippen LogP contribution in [-0.4, -0.2) is 39.4 Å². The lowest BCUT2D eigenvalue weighted by atomic mass is 9.89. The molecule has 0 unspecified atom stereocenters. The number of hydrogen-bond acceptors (Lipinski definition) is 6. The summed E-state index contributed by atoms with van der Waals surface area (Å²) in [6, 6.07) is 1.76. The number of sulfonamides is 1. The number of nitrogens with zero attached hydrogens (tertiary/aromatic N) is 4. The number of amides is 1. The van der Waals surface area contributed by atoms with Crippen LogP contribution in [0.1, 0.15) is 32.2 Å². The van der Waals surface area contributed by atoms with E-state index < -0.39 is 26.6 Å². The minimum absolute atomic E-state index is 0.174. The zero-order valence-corrected chi connectivity index (χ0v) is 14.5. The van der Waals surface area contributed by atoms with E-state index in [0.717, 1.165) is 0 Å². The molecule has 0 aromatic carbocycles. The minimum atomic E-state index is -4.13. The van der Waals surface area contributed by atoms with Gasteiger partial charge in [0, 0.05) is 11.4 Å². The van der Waals surface area contributed by atoms with Crippen molar-refractivity contribution in [3.8, 4) is 0 Å². The maximum Gasteiger partial charge on any atom is 0.284 e. The molecule has 0 aliphatic rings. The van der Waals surface area contributed by atoms with Gasteiger partial charge in [0.05, 0.1) is 0 Å². The van der Waals surface area contributed by atoms with Crippen LogP contribution in [0.2, 0.25) is 0 Å². The van der Waals surface area contributed by atoms with Gasteiger partial charge in [0.15, 0.2) is 0 Å². The van der Waals surface area contributed by atoms with Crippen LogP contribution in [0.4, 0.5) is 0 Å². The van der Waals surface area contributed by atoms with Crippen molar-refractivity contribution in [1.82, 2.24) is 24.3 Å². The van der Waals surface area contributed by atoms with Crippen LogP contribution in [0.3, 0.4) is 0 Å². The second-order valence-electron chi connectivity index (χ2n) is 5.97. The maximum absolute atomic E-state index is 12.5. The highest BCUT2D eigenvalue weighted by molar-refractivity contribution is 7.89. The Morgan fingerprint density at radius 2 is 1.96 bits per heavy atom. The minimum Gasteiger partial charge on any atom is -0.368 e. The first-order valence-electron chi connectivity index (χ1n) is 7.02. The van der Waals surface area contributed by atoms with Gasteiger partial charge in [0.1, 0.15) is 5.54 Å². The molecule has 0 fully saturated rings. The monoisotopic (exact) mass is 340 g/mol. The molecule has 0 aliphatic heterocycles. The van der Waals surface area contributed by atoms with Crippen molar-refractivity contribution in [3.05, 3.63) is 17.5 Å². The molecule has 23 heavy (non-hydrogen) atoms. The Kier molecular flexibility index (Phi) is 4.16. The van der Waals surface area contributed by atoms with Crippen LogP contribution in [0.5, 0.6) is 0 Å². The van der Waals surface area contributed by atoms with Gasteiger partial charge in [-0.3, -0.25) is 4.79 Å². The number of rotatable bonds is 5. The van der Waals surface area contributed by atoms with Crippen LogP contribution in [0, 0.1) is 19.8 Å². The van der Waals surface area contributed by atoms with Gasteiger partial charge >= 0.3 is 0 Å². The fourth-order valence-corrected chi connectivity index (χ4v) is 3.42. The van der Waals surface area contributed by atoms with Crippen LogP contribution in [0.15, 0.2) is 11.2 Å². The van der Waals surface area contributed by atoms with E-state index in [1.807, 2.05) is 0 Å². The van der Waals surface area contributed by atoms with Crippen molar-refractivity contribution in [2.75, 3.05) is 0 Å². The third kappa shape index (κ3) is 3.04. The Balaban J connectivity index is 2.52. The Morgan fingerprint density at radius 3 is 2.48 bits per heavy atom. The fraction of sp³-hybridized carbons (Fsp3) is 0.538. The Labute approximate surface area is 134 Å². The molecule has 2 aromatic heterocycles. The van der Waals surface area contributed by atoms with Gasteiger partial charge in [0.2, 0.25) is 5.91 Å². The molecular weight excluding hydrogens is 320 g/mol. The summed E-state index contributed by atoms with van der Waals surface area (Å²) in [6.07, 6.45) is 0. The van der Waals surface area contributed by atoms with Gasteiger partial charge in [-0.25, -0.2) is 17.9 Å². The number of carbonyl (C=O) groups is 1. The van der Waals surface area contributed by atoms with Crippen molar-refractivity contribution in [1.29, 1.82) is 0 Å². The third-order valence-corrected chi connectivity index (χ3v) is 5.20. The lowest BCUT2D eigenvalue weighted by Crippen LogP contribution is -2.58. The standard InChI is InChI=1S/C13H20N6O3S/c1-7(2)13(5,10(14)20)18-23(21,22)12-16-11-15-8(3)6-9(4)19(11)17-12/h6-7,18H,1-5H3,(H2,14,20)/t13-/m0/s1. The summed E-state index contributed by atoms with van der Waals surface area (Å²) < 4.78 is 28.7. The van der Waals surface area contributed by atoms with Gasteiger partial charge in [0.25, 0.3) is 21.0 Å². The van der Waals surface area contributed by atoms with Crippen molar-refractivity contribution in [2.24, 2.45) is 11.7 Å². The summed E-state index contributed by atoms with van der Waals surface area (Å²) in [4.78, 5) is 19.8. The lowest BCUT2D eigenvalue weighted by Gasteiger charge is -2.30. The molecule has 2 rings (SSSR count). The molecule has 9 nitrogen and oxygen atoms in total. The summed E-state index contributed by atoms with van der Waals surface area (Å²) in [6.45, 7) is 8.36. The van der Waals surface area contributed by atoms with Crippen LogP contribution >= 0.6 is 0 Å². The molecule has 0 saturated heterocycles. The maximum atomic E-state index is 12.5. The SMILES string of the molecule is Cc1cc(C)n2nc(S(=O)(=O)N[C@](C)(C(N)=O)C(C)C)nc2n1. The lowest BCUT2D eigenvalue weighted by molar-refractivity contribution is -0.124. The summed E-state index contributed by atoms with van der Waals surface area (Å²) in [5.74, 6) is -0.952. The molecule has 0 spiro atoms. The van der Waals surface area contributed by atoms with Crippen molar-refractivity contribution in [3.63, 3.8) is 0 Å². The predicted molar refractivity (Wildman–Crippen MR) is 83.0 cm³/mol. The first-order valence-corrected chi connectivity index (χ1v) is 8.50. The van der Waals surface area contributed by atoms with E-state index in [1.54, 1.807) is 33.8 Å². The van der Waals surface area contributed by atoms with E-state index in [1.165, 1.54) is 11.4 Å². The van der Waals surface area contributed by atoms with E-state index in [-0.39, 0.29) is 11.7 Å². The Morgan fingerprint density at radius 1 is 1.35 bits per heavy atom. The predicted octanol–water partition coefficient (Wildman–Crippen LogP) is -0.0806. The highest BCUT2D eigenvalue weighted by Gasteiger charge is 2.40. The number of aromatic nitrogens is 4. The molecule has 10 heteroatoms. The first-order chi connectivity index (χ1) is 10.5. The molecule has 0 saturated carbocycles. The van der Waals surface area contributed by atoms with E-state index >= 15 is 0 Å². The Bertz CT molecular complexity index is 873. The topological polar surface area (TPSA) is 132 Å². The number of nitrogens with two attached hydrogens (primary N) is 1. The Hall–Kier alpha value is -2.07. The summed E-state index contributed by atoms with van der Waals surface area (Å²) in [7, 11) is -4.13. The highest BCUT2D eigenvalue weighted by Crippen LogP contribution is 2.19. The molecule has 2 aromatic rings. The second kappa shape index (κ2) is 5.53. The number of primary amides is 1. The molecule has 1 atom stereocenters. The van der Waals surface area contributed by atoms with Gasteiger partial charge in [-0.2, -0.15) is 9.71 Å². The van der Waals surface area contributed by atoms with E-state index in [2.05, 4.69) is 19.8 Å². The molecular formula is C13H20N6O3S. The zero-order valence-electron chi connectivity index (χ0n) is 13.7. The second-order valence-corrected chi connectivity index (χ2v) is 7.55. The van der Waals surface area contributed by atoms with E-state index in [4.69, 9.17) is 5.73 Å². The van der Waals surface area contributed by atoms with Crippen LogP contribution in [-0.2, 0) is 14.8 Å². The van der Waals surface area contributed by atoms with Crippen LogP contribution in [0.25, 0.3) is 5.78 Å². The van der Waals surface area contributed by atoms with Crippen molar-refractivity contribution >= 4 is 21.7 Å². The molecule has 2 heterocycles. The molecule has 0 radical (unpaired) electrons. The summed E-state index contributed by atoms with van der Waals surface area (Å²) >= 11 is 0. The molecule has 0 aliphatic carbocycles. The largest absolute Gasteiger partial charge is 0.368 e. The van der Waals surface area contributed by atoms with E-state index in [0.29, 0.717) is 11.4 Å². The number of carbonyl (C=O) groups excluding carboxylic acids is 1. The molecule has 3 N–H and O–H groups in total. The normalized spacial score (nSPS) is 15.0. The number of hydrogen-bond donors (Lipinski definition) is 2. The average molecular weight is 340 g/mol. The van der Waals surface area contributed by atoms with E-state index in [9.17, 15) is 13.2 Å².